The molecule has 6 nitrogen and oxygen atoms in total. The number of thioether (sulfide) groups is 1. The monoisotopic (exact) mass is 447 g/mol. The van der Waals surface area contributed by atoms with Crippen LogP contribution in [-0.2, 0) is 9.59 Å². The number of phenols is 2. The lowest BCUT2D eigenvalue weighted by Crippen LogP contribution is -2.27. The molecule has 1 unspecified atom stereocenters. The maximum Gasteiger partial charge on any atom is 0.296 e. The van der Waals surface area contributed by atoms with Crippen LogP contribution >= 0.6 is 11.8 Å². The lowest BCUT2D eigenvalue weighted by molar-refractivity contribution is -0.132. The number of hydrogen-bond donors (Lipinski definition) is 4. The van der Waals surface area contributed by atoms with Crippen molar-refractivity contribution in [1.29, 1.82) is 0 Å². The van der Waals surface area contributed by atoms with Gasteiger partial charge in [-0.2, -0.15) is 0 Å². The summed E-state index contributed by atoms with van der Waals surface area (Å²) < 4.78 is 0. The van der Waals surface area contributed by atoms with Crippen LogP contribution in [0.2, 0.25) is 0 Å². The lowest BCUT2D eigenvalue weighted by atomic mass is 9.91. The maximum absolute atomic E-state index is 12.9. The molecule has 4 N–H and O–H groups in total. The van der Waals surface area contributed by atoms with Crippen LogP contribution in [-0.4, -0.2) is 32.8 Å². The van der Waals surface area contributed by atoms with Crippen LogP contribution in [0.1, 0.15) is 29.5 Å². The van der Waals surface area contributed by atoms with Crippen LogP contribution < -0.4 is 5.32 Å². The molecule has 0 saturated carbocycles. The van der Waals surface area contributed by atoms with E-state index in [1.807, 2.05) is 31.2 Å². The molecule has 1 aliphatic rings. The first-order chi connectivity index (χ1) is 15.4. The summed E-state index contributed by atoms with van der Waals surface area (Å²) in [5, 5.41) is 32.6. The molecule has 0 fully saturated rings. The van der Waals surface area contributed by atoms with Gasteiger partial charge in [-0.05, 0) is 35.4 Å². The van der Waals surface area contributed by atoms with Crippen molar-refractivity contribution in [3.05, 3.63) is 89.0 Å². The number of Topliss-reactive ketones (excluding diaryl/α,β-unsaturated/α-hetero) is 1. The number of hydrogen-bond acceptors (Lipinski definition) is 6. The topological polar surface area (TPSA) is 107 Å². The number of fused-ring (bicyclic) bond motifs is 1. The predicted octanol–water partition coefficient (Wildman–Crippen LogP) is 4.83. The van der Waals surface area contributed by atoms with E-state index < -0.39 is 11.7 Å². The van der Waals surface area contributed by atoms with Crippen molar-refractivity contribution < 1.29 is 24.9 Å². The van der Waals surface area contributed by atoms with Gasteiger partial charge in [0.25, 0.3) is 11.7 Å². The summed E-state index contributed by atoms with van der Waals surface area (Å²) in [7, 11) is 0. The Hall–Kier alpha value is -3.71. The third kappa shape index (κ3) is 4.07. The molecule has 0 radical (unpaired) electrons. The molecule has 1 amide bonds. The number of aliphatic hydroxyl groups is 1. The number of nitrogens with one attached hydrogen (secondary N) is 1. The van der Waals surface area contributed by atoms with Gasteiger partial charge in [0, 0.05) is 27.8 Å². The fourth-order valence-corrected chi connectivity index (χ4v) is 4.70. The Kier molecular flexibility index (Phi) is 5.92. The molecule has 32 heavy (non-hydrogen) atoms. The first-order valence-corrected chi connectivity index (χ1v) is 11.0. The van der Waals surface area contributed by atoms with Gasteiger partial charge in [-0.3, -0.25) is 9.59 Å². The Labute approximate surface area is 189 Å². The van der Waals surface area contributed by atoms with Crippen LogP contribution in [0.5, 0.6) is 11.5 Å². The van der Waals surface area contributed by atoms with Crippen molar-refractivity contribution >= 4 is 34.9 Å². The van der Waals surface area contributed by atoms with E-state index >= 15 is 0 Å². The van der Waals surface area contributed by atoms with Crippen molar-refractivity contribution in [3.63, 3.8) is 0 Å². The Balaban J connectivity index is 1.59. The molecule has 0 aliphatic carbocycles. The number of amides is 1. The van der Waals surface area contributed by atoms with Crippen LogP contribution in [0.15, 0.2) is 77.2 Å². The van der Waals surface area contributed by atoms with Crippen LogP contribution in [0.4, 0.5) is 5.69 Å². The Morgan fingerprint density at radius 1 is 0.938 bits per heavy atom. The summed E-state index contributed by atoms with van der Waals surface area (Å²) in [6.07, 6.45) is 0. The molecule has 0 aromatic heterocycles. The zero-order valence-electron chi connectivity index (χ0n) is 17.2. The standard InChI is InChI=1S/C25H21NO5S/c1-14(15-10-11-20(27)21(28)12-15)16-6-2-4-8-19(16)26-25(31)24(30)18-13-32-22-9-5-3-7-17(22)23(18)29/h2-12,14,27-29H,13H2,1H3,(H,26,31). The average Bonchev–Trinajstić information content (AvgIpc) is 2.81. The van der Waals surface area contributed by atoms with E-state index in [0.29, 0.717) is 11.3 Å². The van der Waals surface area contributed by atoms with Crippen molar-refractivity contribution in [1.82, 2.24) is 0 Å². The Morgan fingerprint density at radius 2 is 1.66 bits per heavy atom. The normalized spacial score (nSPS) is 13.9. The first kappa shape index (κ1) is 21.5. The number of ketones is 1. The number of benzene rings is 3. The number of carbonyl (C=O) groups excluding carboxylic acids is 2. The van der Waals surface area contributed by atoms with Gasteiger partial charge < -0.3 is 20.6 Å². The maximum atomic E-state index is 12.9. The molecule has 7 heteroatoms. The molecule has 1 aliphatic heterocycles. The number of phenolic OH excluding ortho intramolecular Hbond substituents is 2. The zero-order valence-corrected chi connectivity index (χ0v) is 18.0. The molecule has 162 valence electrons. The smallest absolute Gasteiger partial charge is 0.296 e. The summed E-state index contributed by atoms with van der Waals surface area (Å²) in [5.74, 6) is -2.26. The molecular weight excluding hydrogens is 426 g/mol. The van der Waals surface area contributed by atoms with Gasteiger partial charge in [0.2, 0.25) is 0 Å². The third-order valence-corrected chi connectivity index (χ3v) is 6.56. The van der Waals surface area contributed by atoms with Gasteiger partial charge in [0.1, 0.15) is 5.76 Å². The second-order valence-corrected chi connectivity index (χ2v) is 8.47. The van der Waals surface area contributed by atoms with Crippen molar-refractivity contribution in [2.45, 2.75) is 17.7 Å². The summed E-state index contributed by atoms with van der Waals surface area (Å²) in [4.78, 5) is 26.5. The first-order valence-electron chi connectivity index (χ1n) is 9.97. The van der Waals surface area contributed by atoms with Crippen LogP contribution in [0.25, 0.3) is 5.76 Å². The highest BCUT2D eigenvalue weighted by Gasteiger charge is 2.28. The fourth-order valence-electron chi connectivity index (χ4n) is 3.64. The SMILES string of the molecule is CC(c1ccc(O)c(O)c1)c1ccccc1NC(=O)C(=O)C1=C(O)c2ccccc2SC1. The summed E-state index contributed by atoms with van der Waals surface area (Å²) in [6, 6.07) is 18.8. The Morgan fingerprint density at radius 3 is 2.44 bits per heavy atom. The Bertz CT molecular complexity index is 1250. The zero-order chi connectivity index (χ0) is 22.8. The largest absolute Gasteiger partial charge is 0.507 e. The highest BCUT2D eigenvalue weighted by atomic mass is 32.2. The van der Waals surface area contributed by atoms with Gasteiger partial charge in [0.05, 0.1) is 5.57 Å². The minimum absolute atomic E-state index is 0.0696. The van der Waals surface area contributed by atoms with E-state index in [-0.39, 0.29) is 34.5 Å². The molecule has 3 aromatic rings. The molecule has 3 aromatic carbocycles. The van der Waals surface area contributed by atoms with Crippen molar-refractivity contribution in [2.75, 3.05) is 11.1 Å². The molecule has 4 rings (SSSR count). The molecule has 1 atom stereocenters. The summed E-state index contributed by atoms with van der Waals surface area (Å²) in [6.45, 7) is 1.89. The molecule has 0 saturated heterocycles. The van der Waals surface area contributed by atoms with Crippen molar-refractivity contribution in [3.8, 4) is 11.5 Å². The number of aromatic hydroxyl groups is 2. The van der Waals surface area contributed by atoms with Gasteiger partial charge in [-0.15, -0.1) is 11.8 Å². The van der Waals surface area contributed by atoms with Crippen LogP contribution in [0, 0.1) is 0 Å². The second kappa shape index (κ2) is 8.80. The average molecular weight is 448 g/mol. The summed E-state index contributed by atoms with van der Waals surface area (Å²) in [5.41, 5.74) is 2.53. The van der Waals surface area contributed by atoms with E-state index in [1.165, 1.54) is 23.9 Å². The van der Waals surface area contributed by atoms with Gasteiger partial charge in [0.15, 0.2) is 11.5 Å². The quantitative estimate of drug-likeness (QED) is 0.330. The van der Waals surface area contributed by atoms with Crippen LogP contribution in [0.3, 0.4) is 0 Å². The van der Waals surface area contributed by atoms with Gasteiger partial charge in [-0.1, -0.05) is 49.4 Å². The van der Waals surface area contributed by atoms with Gasteiger partial charge in [-0.25, -0.2) is 0 Å². The van der Waals surface area contributed by atoms with Crippen molar-refractivity contribution in [2.24, 2.45) is 0 Å². The van der Waals surface area contributed by atoms with E-state index in [0.717, 1.165) is 16.0 Å². The van der Waals surface area contributed by atoms with E-state index in [1.54, 1.807) is 30.3 Å². The van der Waals surface area contributed by atoms with E-state index in [9.17, 15) is 24.9 Å². The van der Waals surface area contributed by atoms with Gasteiger partial charge >= 0.3 is 0 Å². The predicted molar refractivity (Wildman–Crippen MR) is 124 cm³/mol. The highest BCUT2D eigenvalue weighted by Crippen LogP contribution is 2.37. The number of para-hydroxylation sites is 1. The van der Waals surface area contributed by atoms with E-state index in [4.69, 9.17) is 0 Å². The lowest BCUT2D eigenvalue weighted by Gasteiger charge is -2.20. The van der Waals surface area contributed by atoms with E-state index in [2.05, 4.69) is 5.32 Å². The highest BCUT2D eigenvalue weighted by molar-refractivity contribution is 7.99. The summed E-state index contributed by atoms with van der Waals surface area (Å²) >= 11 is 1.40. The number of anilines is 1. The minimum atomic E-state index is -0.834. The molecule has 0 spiro atoms. The second-order valence-electron chi connectivity index (χ2n) is 7.45. The number of carbonyl (C=O) groups is 2. The minimum Gasteiger partial charge on any atom is -0.507 e. The fraction of sp³-hybridized carbons (Fsp3) is 0.120. The number of rotatable bonds is 5. The molecular formula is C25H21NO5S. The molecule has 0 bridgehead atoms. The third-order valence-electron chi connectivity index (χ3n) is 5.46. The number of aliphatic hydroxyl groups excluding tert-OH is 1. The molecule has 1 heterocycles.